The van der Waals surface area contributed by atoms with Crippen molar-refractivity contribution < 1.29 is 16.9 Å². The van der Waals surface area contributed by atoms with E-state index in [1.165, 1.54) is 147 Å². The molecular formula is C34H63NO3S. The molecule has 0 saturated carbocycles. The lowest BCUT2D eigenvalue weighted by Crippen LogP contribution is -2.46. The molecule has 1 rings (SSSR count). The van der Waals surface area contributed by atoms with E-state index in [0.29, 0.717) is 6.42 Å². The maximum atomic E-state index is 11.9. The molecule has 0 N–H and O–H groups in total. The fourth-order valence-electron chi connectivity index (χ4n) is 5.74. The van der Waals surface area contributed by atoms with Crippen molar-refractivity contribution in [2.45, 2.75) is 187 Å². The Bertz CT molecular complexity index is 794. The van der Waals surface area contributed by atoms with E-state index in [9.17, 15) is 13.0 Å². The summed E-state index contributed by atoms with van der Waals surface area (Å²) in [6.45, 7) is 4.52. The van der Waals surface area contributed by atoms with Gasteiger partial charge in [-0.3, -0.25) is 0 Å². The standard InChI is InChI=1S/C34H63NO3S/c1-3-5-7-9-11-13-14-15-16-17-18-19-21-22-24-26-29-33-30-28-32-35(39(36,37)38)34(33)31-27-25-23-20-12-10-8-6-4-2/h28,30,32H,3-27,29,31H2,1-2H3. The van der Waals surface area contributed by atoms with Gasteiger partial charge in [-0.1, -0.05) is 165 Å². The smallest absolute Gasteiger partial charge is 0.330 e. The van der Waals surface area contributed by atoms with Gasteiger partial charge in [-0.05, 0) is 25.3 Å². The number of nitrogens with zero attached hydrogens (tertiary/aromatic N) is 1. The average molecular weight is 566 g/mol. The second-order valence-electron chi connectivity index (χ2n) is 11.9. The van der Waals surface area contributed by atoms with E-state index in [-0.39, 0.29) is 0 Å². The van der Waals surface area contributed by atoms with Crippen molar-refractivity contribution in [3.05, 3.63) is 29.6 Å². The van der Waals surface area contributed by atoms with Gasteiger partial charge < -0.3 is 4.55 Å². The summed E-state index contributed by atoms with van der Waals surface area (Å²) in [5.74, 6) is 0. The molecule has 0 spiro atoms. The number of unbranched alkanes of at least 4 members (excludes halogenated alkanes) is 23. The van der Waals surface area contributed by atoms with Crippen molar-refractivity contribution in [2.24, 2.45) is 0 Å². The lowest BCUT2D eigenvalue weighted by atomic mass is 10.00. The molecule has 0 aliphatic carbocycles. The van der Waals surface area contributed by atoms with Crippen molar-refractivity contribution in [1.29, 1.82) is 0 Å². The largest absolute Gasteiger partial charge is 0.693 e. The third-order valence-corrected chi connectivity index (χ3v) is 9.04. The van der Waals surface area contributed by atoms with Gasteiger partial charge in [-0.2, -0.15) is 8.42 Å². The van der Waals surface area contributed by atoms with E-state index >= 15 is 0 Å². The SMILES string of the molecule is CCCCCCCCCCCCCCCCCCc1ccc[n+](S(=O)(=O)[O-])c1CCCCCCCCCCC. The van der Waals surface area contributed by atoms with Crippen molar-refractivity contribution in [2.75, 3.05) is 0 Å². The molecule has 0 unspecified atom stereocenters. The quantitative estimate of drug-likeness (QED) is 0.0577. The Morgan fingerprint density at radius 2 is 0.872 bits per heavy atom. The number of hydrogen-bond acceptors (Lipinski definition) is 3. The maximum absolute atomic E-state index is 11.9. The molecule has 0 fully saturated rings. The fourth-order valence-corrected chi connectivity index (χ4v) is 6.44. The zero-order chi connectivity index (χ0) is 28.4. The summed E-state index contributed by atoms with van der Waals surface area (Å²) >= 11 is 0. The zero-order valence-corrected chi connectivity index (χ0v) is 26.7. The van der Waals surface area contributed by atoms with Crippen molar-refractivity contribution in [3.8, 4) is 0 Å². The monoisotopic (exact) mass is 565 g/mol. The van der Waals surface area contributed by atoms with Crippen LogP contribution in [0.3, 0.4) is 0 Å². The van der Waals surface area contributed by atoms with Crippen molar-refractivity contribution in [1.82, 2.24) is 0 Å². The van der Waals surface area contributed by atoms with Gasteiger partial charge in [0.1, 0.15) is 0 Å². The summed E-state index contributed by atoms with van der Waals surface area (Å²) < 4.78 is 36.7. The second-order valence-corrected chi connectivity index (χ2v) is 13.1. The predicted octanol–water partition coefficient (Wildman–Crippen LogP) is 10.2. The topological polar surface area (TPSA) is 61.1 Å². The molecule has 228 valence electrons. The molecule has 0 saturated heterocycles. The lowest BCUT2D eigenvalue weighted by Gasteiger charge is -2.11. The van der Waals surface area contributed by atoms with Crippen LogP contribution in [0.25, 0.3) is 0 Å². The third-order valence-electron chi connectivity index (χ3n) is 8.21. The van der Waals surface area contributed by atoms with Crippen LogP contribution >= 0.6 is 0 Å². The van der Waals surface area contributed by atoms with E-state index in [1.807, 2.05) is 6.07 Å². The molecule has 0 bridgehead atoms. The zero-order valence-electron chi connectivity index (χ0n) is 25.9. The summed E-state index contributed by atoms with van der Waals surface area (Å²) in [4.78, 5) is 0. The molecule has 1 aromatic heterocycles. The first-order valence-electron chi connectivity index (χ1n) is 17.0. The summed E-state index contributed by atoms with van der Waals surface area (Å²) in [5.41, 5.74) is 1.76. The molecule has 0 aliphatic rings. The minimum atomic E-state index is -4.51. The lowest BCUT2D eigenvalue weighted by molar-refractivity contribution is -0.530. The van der Waals surface area contributed by atoms with Crippen molar-refractivity contribution >= 4 is 10.3 Å². The highest BCUT2D eigenvalue weighted by atomic mass is 32.2. The first-order valence-corrected chi connectivity index (χ1v) is 18.4. The van der Waals surface area contributed by atoms with Crippen LogP contribution in [0, 0.1) is 0 Å². The van der Waals surface area contributed by atoms with Crippen LogP contribution in [-0.2, 0) is 23.1 Å². The summed E-state index contributed by atoms with van der Waals surface area (Å²) in [6.07, 6.45) is 35.5. The number of rotatable bonds is 28. The number of pyridine rings is 1. The van der Waals surface area contributed by atoms with Gasteiger partial charge in [-0.25, -0.2) is 0 Å². The van der Waals surface area contributed by atoms with Gasteiger partial charge in [0.25, 0.3) is 0 Å². The molecule has 1 aromatic rings. The Kier molecular flexibility index (Phi) is 23.0. The highest BCUT2D eigenvalue weighted by Gasteiger charge is 2.20. The highest BCUT2D eigenvalue weighted by molar-refractivity contribution is 7.78. The van der Waals surface area contributed by atoms with Gasteiger partial charge >= 0.3 is 10.3 Å². The number of aromatic nitrogens is 1. The Morgan fingerprint density at radius 1 is 0.538 bits per heavy atom. The van der Waals surface area contributed by atoms with Gasteiger partial charge in [-0.15, -0.1) is 0 Å². The molecule has 0 aromatic carbocycles. The molecule has 0 aliphatic heterocycles. The first-order chi connectivity index (χ1) is 19.0. The van der Waals surface area contributed by atoms with E-state index in [4.69, 9.17) is 0 Å². The minimum absolute atomic E-state index is 0.673. The molecule has 0 atom stereocenters. The molecule has 0 amide bonds. The first kappa shape index (κ1) is 36.1. The van der Waals surface area contributed by atoms with E-state index in [0.717, 1.165) is 40.9 Å². The summed E-state index contributed by atoms with van der Waals surface area (Å²) in [5, 5.41) is 0. The van der Waals surface area contributed by atoms with Crippen LogP contribution in [0.1, 0.15) is 186 Å². The Labute approximate surface area is 243 Å². The van der Waals surface area contributed by atoms with Crippen LogP contribution < -0.4 is 3.97 Å². The minimum Gasteiger partial charge on any atom is -0.693 e. The van der Waals surface area contributed by atoms with Gasteiger partial charge in [0, 0.05) is 18.1 Å². The Hall–Kier alpha value is -0.940. The van der Waals surface area contributed by atoms with Crippen molar-refractivity contribution in [3.63, 3.8) is 0 Å². The highest BCUT2D eigenvalue weighted by Crippen LogP contribution is 2.17. The van der Waals surface area contributed by atoms with Gasteiger partial charge in [0.2, 0.25) is 5.69 Å². The van der Waals surface area contributed by atoms with Crippen LogP contribution in [0.4, 0.5) is 0 Å². The average Bonchev–Trinajstić information content (AvgIpc) is 2.91. The predicted molar refractivity (Wildman–Crippen MR) is 166 cm³/mol. The molecule has 39 heavy (non-hydrogen) atoms. The Balaban J connectivity index is 2.21. The third kappa shape index (κ3) is 19.7. The number of aryl methyl sites for hydroxylation is 1. The van der Waals surface area contributed by atoms with E-state index in [2.05, 4.69) is 13.8 Å². The molecule has 4 nitrogen and oxygen atoms in total. The maximum Gasteiger partial charge on any atom is 0.330 e. The molecule has 0 radical (unpaired) electrons. The summed E-state index contributed by atoms with van der Waals surface area (Å²) in [6, 6.07) is 3.74. The van der Waals surface area contributed by atoms with Crippen LogP contribution in [0.2, 0.25) is 0 Å². The number of hydrogen-bond donors (Lipinski definition) is 0. The van der Waals surface area contributed by atoms with Gasteiger partial charge in [0.05, 0.1) is 0 Å². The normalized spacial score (nSPS) is 11.9. The summed E-state index contributed by atoms with van der Waals surface area (Å²) in [7, 11) is -4.51. The molecule has 5 heteroatoms. The van der Waals surface area contributed by atoms with Crippen LogP contribution in [0.5, 0.6) is 0 Å². The van der Waals surface area contributed by atoms with E-state index in [1.54, 1.807) is 6.07 Å². The van der Waals surface area contributed by atoms with Crippen LogP contribution in [-0.4, -0.2) is 13.0 Å². The van der Waals surface area contributed by atoms with E-state index < -0.39 is 10.3 Å². The Morgan fingerprint density at radius 3 is 1.23 bits per heavy atom. The second kappa shape index (κ2) is 24.8. The molecular weight excluding hydrogens is 502 g/mol. The molecule has 1 heterocycles. The van der Waals surface area contributed by atoms with Gasteiger partial charge in [0.15, 0.2) is 6.20 Å². The van der Waals surface area contributed by atoms with Crippen LogP contribution in [0.15, 0.2) is 18.3 Å². The fraction of sp³-hybridized carbons (Fsp3) is 0.853.